The molecule has 0 saturated heterocycles. The molecule has 6 nitrogen and oxygen atoms in total. The molecule has 2 aromatic rings. The van der Waals surface area contributed by atoms with Gasteiger partial charge in [0.05, 0.1) is 0 Å². The van der Waals surface area contributed by atoms with Gasteiger partial charge in [-0.3, -0.25) is 9.78 Å². The van der Waals surface area contributed by atoms with E-state index in [9.17, 15) is 9.59 Å². The molecule has 0 spiro atoms. The molecular weight excluding hydrogens is 212 g/mol. The molecule has 2 rings (SSSR count). The number of oxazole rings is 1. The van der Waals surface area contributed by atoms with Crippen molar-refractivity contribution in [2.75, 3.05) is 0 Å². The van der Waals surface area contributed by atoms with Crippen LogP contribution >= 0.6 is 0 Å². The Hall–Kier alpha value is -2.55. The highest BCUT2D eigenvalue weighted by molar-refractivity contribution is 5.71. The van der Waals surface area contributed by atoms with Crippen LogP contribution in [0.2, 0.25) is 0 Å². The van der Waals surface area contributed by atoms with Gasteiger partial charge < -0.3 is 9.52 Å². The highest BCUT2D eigenvalue weighted by atomic mass is 16.4. The number of hydrogen-bond acceptors (Lipinski definition) is 4. The smallest absolute Gasteiger partial charge is 0.418 e. The van der Waals surface area contributed by atoms with E-state index in [1.165, 1.54) is 12.3 Å². The van der Waals surface area contributed by atoms with Crippen LogP contribution in [0.25, 0.3) is 11.2 Å². The summed E-state index contributed by atoms with van der Waals surface area (Å²) in [4.78, 5) is 27.3. The number of pyridine rings is 1. The normalized spacial score (nSPS) is 9.75. The first-order valence-corrected chi connectivity index (χ1v) is 4.35. The number of rotatable bonds is 1. The van der Waals surface area contributed by atoms with Crippen molar-refractivity contribution in [3.05, 3.63) is 28.4 Å². The minimum atomic E-state index is -0.991. The first kappa shape index (κ1) is 9.98. The molecule has 0 aliphatic carbocycles. The second kappa shape index (κ2) is 3.90. The molecule has 0 fully saturated rings. The molecule has 0 aliphatic rings. The molecule has 0 atom stereocenters. The van der Waals surface area contributed by atoms with Gasteiger partial charge in [-0.1, -0.05) is 11.8 Å². The van der Waals surface area contributed by atoms with Crippen LogP contribution in [0.3, 0.4) is 0 Å². The summed E-state index contributed by atoms with van der Waals surface area (Å²) in [6.07, 6.45) is 1.19. The summed E-state index contributed by atoms with van der Waals surface area (Å²) in [7, 11) is 0. The fourth-order valence-electron chi connectivity index (χ4n) is 1.13. The zero-order valence-electron chi connectivity index (χ0n) is 7.98. The number of carbonyl (C=O) groups is 1. The van der Waals surface area contributed by atoms with Gasteiger partial charge in [-0.25, -0.2) is 9.78 Å². The zero-order valence-corrected chi connectivity index (χ0v) is 7.98. The number of nitrogens with one attached hydrogen (secondary N) is 1. The second-order valence-electron chi connectivity index (χ2n) is 2.96. The highest BCUT2D eigenvalue weighted by Crippen LogP contribution is 2.07. The van der Waals surface area contributed by atoms with Gasteiger partial charge in [0.1, 0.15) is 6.42 Å². The Balaban J connectivity index is 2.34. The number of nitrogens with zero attached hydrogens (tertiary/aromatic N) is 1. The summed E-state index contributed by atoms with van der Waals surface area (Å²) in [5.41, 5.74) is 1.14. The Morgan fingerprint density at radius 1 is 1.62 bits per heavy atom. The van der Waals surface area contributed by atoms with E-state index in [1.807, 2.05) is 0 Å². The highest BCUT2D eigenvalue weighted by Gasteiger charge is 2.01. The lowest BCUT2D eigenvalue weighted by atomic mass is 10.2. The summed E-state index contributed by atoms with van der Waals surface area (Å²) in [6, 6.07) is 1.52. The van der Waals surface area contributed by atoms with Crippen LogP contribution in [0, 0.1) is 11.8 Å². The van der Waals surface area contributed by atoms with Crippen LogP contribution in [-0.4, -0.2) is 21.0 Å². The van der Waals surface area contributed by atoms with Crippen molar-refractivity contribution < 1.29 is 14.3 Å². The molecule has 0 amide bonds. The first-order chi connectivity index (χ1) is 7.65. The topological polar surface area (TPSA) is 96.2 Å². The minimum absolute atomic E-state index is 0.241. The Morgan fingerprint density at radius 3 is 3.19 bits per heavy atom. The van der Waals surface area contributed by atoms with Gasteiger partial charge in [0.2, 0.25) is 0 Å². The monoisotopic (exact) mass is 218 g/mol. The molecule has 0 radical (unpaired) electrons. The summed E-state index contributed by atoms with van der Waals surface area (Å²) < 4.78 is 4.78. The van der Waals surface area contributed by atoms with Gasteiger partial charge in [0, 0.05) is 17.8 Å². The summed E-state index contributed by atoms with van der Waals surface area (Å²) in [5.74, 6) is 3.49. The Bertz CT molecular complexity index is 656. The number of carboxylic acid groups (broad SMARTS) is 1. The van der Waals surface area contributed by atoms with E-state index < -0.39 is 11.7 Å². The zero-order chi connectivity index (χ0) is 11.5. The van der Waals surface area contributed by atoms with Crippen molar-refractivity contribution in [1.82, 2.24) is 9.97 Å². The number of aromatic nitrogens is 2. The molecule has 16 heavy (non-hydrogen) atoms. The lowest BCUT2D eigenvalue weighted by molar-refractivity contribution is -0.135. The third-order valence-electron chi connectivity index (χ3n) is 1.75. The van der Waals surface area contributed by atoms with Crippen molar-refractivity contribution in [3.63, 3.8) is 0 Å². The van der Waals surface area contributed by atoms with Crippen molar-refractivity contribution in [2.24, 2.45) is 0 Å². The van der Waals surface area contributed by atoms with Gasteiger partial charge in [0.15, 0.2) is 11.2 Å². The fourth-order valence-corrected chi connectivity index (χ4v) is 1.13. The molecule has 0 saturated carbocycles. The lowest BCUT2D eigenvalue weighted by Gasteiger charge is -1.88. The molecule has 2 heterocycles. The molecule has 0 bridgehead atoms. The molecule has 0 aliphatic heterocycles. The number of fused-ring (bicyclic) bond motifs is 1. The summed E-state index contributed by atoms with van der Waals surface area (Å²) in [5, 5.41) is 8.38. The van der Waals surface area contributed by atoms with Crippen LogP contribution in [-0.2, 0) is 4.79 Å². The van der Waals surface area contributed by atoms with Gasteiger partial charge in [-0.05, 0) is 0 Å². The number of H-pyrrole nitrogens is 1. The van der Waals surface area contributed by atoms with E-state index in [2.05, 4.69) is 21.8 Å². The number of carboxylic acids is 1. The van der Waals surface area contributed by atoms with E-state index >= 15 is 0 Å². The van der Waals surface area contributed by atoms with E-state index in [0.717, 1.165) is 0 Å². The predicted octanol–water partition coefficient (Wildman–Crippen LogP) is 0.342. The standard InChI is InChI=1S/C10H6N2O4/c13-8(14)3-1-2-6-4-7-9(11-5-6)12-10(15)16-7/h4-5H,3H2,(H,13,14)(H,11,12,15). The molecule has 0 aromatic carbocycles. The Morgan fingerprint density at radius 2 is 2.44 bits per heavy atom. The van der Waals surface area contributed by atoms with Gasteiger partial charge >= 0.3 is 11.7 Å². The van der Waals surface area contributed by atoms with Gasteiger partial charge in [-0.2, -0.15) is 0 Å². The van der Waals surface area contributed by atoms with Crippen LogP contribution in [0.15, 0.2) is 21.5 Å². The molecule has 2 N–H and O–H groups in total. The van der Waals surface area contributed by atoms with Crippen LogP contribution in [0.5, 0.6) is 0 Å². The molecule has 80 valence electrons. The van der Waals surface area contributed by atoms with E-state index in [4.69, 9.17) is 9.52 Å². The maximum atomic E-state index is 10.8. The van der Waals surface area contributed by atoms with Crippen molar-refractivity contribution >= 4 is 17.2 Å². The van der Waals surface area contributed by atoms with E-state index in [0.29, 0.717) is 16.8 Å². The van der Waals surface area contributed by atoms with Crippen molar-refractivity contribution in [1.29, 1.82) is 0 Å². The van der Waals surface area contributed by atoms with Crippen molar-refractivity contribution in [2.45, 2.75) is 6.42 Å². The number of hydrogen-bond donors (Lipinski definition) is 2. The number of aromatic amines is 1. The average Bonchev–Trinajstić information content (AvgIpc) is 2.56. The third kappa shape index (κ3) is 2.09. The predicted molar refractivity (Wildman–Crippen MR) is 53.8 cm³/mol. The van der Waals surface area contributed by atoms with Crippen LogP contribution < -0.4 is 5.76 Å². The molecule has 0 unspecified atom stereocenters. The molecular formula is C10H6N2O4. The minimum Gasteiger partial charge on any atom is -0.481 e. The number of aliphatic carboxylic acids is 1. The summed E-state index contributed by atoms with van der Waals surface area (Å²) in [6.45, 7) is 0. The first-order valence-electron chi connectivity index (χ1n) is 4.35. The van der Waals surface area contributed by atoms with Crippen molar-refractivity contribution in [3.8, 4) is 11.8 Å². The lowest BCUT2D eigenvalue weighted by Crippen LogP contribution is -1.93. The molecule has 2 aromatic heterocycles. The fraction of sp³-hybridized carbons (Fsp3) is 0.100. The van der Waals surface area contributed by atoms with Crippen LogP contribution in [0.4, 0.5) is 0 Å². The maximum Gasteiger partial charge on any atom is 0.418 e. The van der Waals surface area contributed by atoms with Crippen LogP contribution in [0.1, 0.15) is 12.0 Å². The SMILES string of the molecule is O=C(O)CC#Cc1cnc2[nH]c(=O)oc2c1. The Kier molecular flexibility index (Phi) is 2.44. The van der Waals surface area contributed by atoms with Gasteiger partial charge in [-0.15, -0.1) is 0 Å². The third-order valence-corrected chi connectivity index (χ3v) is 1.75. The summed E-state index contributed by atoms with van der Waals surface area (Å²) >= 11 is 0. The largest absolute Gasteiger partial charge is 0.481 e. The molecule has 6 heteroatoms. The second-order valence-corrected chi connectivity index (χ2v) is 2.96. The maximum absolute atomic E-state index is 10.8. The van der Waals surface area contributed by atoms with E-state index in [1.54, 1.807) is 0 Å². The Labute approximate surface area is 88.9 Å². The van der Waals surface area contributed by atoms with E-state index in [-0.39, 0.29) is 6.42 Å². The van der Waals surface area contributed by atoms with Gasteiger partial charge in [0.25, 0.3) is 0 Å². The average molecular weight is 218 g/mol. The quantitative estimate of drug-likeness (QED) is 0.673.